The first-order valence-corrected chi connectivity index (χ1v) is 7.43. The van der Waals surface area contributed by atoms with Gasteiger partial charge in [0, 0.05) is 36.3 Å². The Morgan fingerprint density at radius 2 is 1.94 bits per heavy atom. The zero-order valence-corrected chi connectivity index (χ0v) is 12.0. The first-order valence-electron chi connectivity index (χ1n) is 5.54. The number of ether oxygens (including phenoxy) is 1. The van der Waals surface area contributed by atoms with Crippen molar-refractivity contribution in [1.29, 1.82) is 0 Å². The highest BCUT2D eigenvalue weighted by Gasteiger charge is 2.29. The van der Waals surface area contributed by atoms with E-state index in [1.165, 1.54) is 6.26 Å². The van der Waals surface area contributed by atoms with Crippen molar-refractivity contribution in [3.8, 4) is 5.75 Å². The number of benzene rings is 1. The lowest BCUT2D eigenvalue weighted by atomic mass is 10.2. The lowest BCUT2D eigenvalue weighted by Crippen LogP contribution is -2.38. The minimum absolute atomic E-state index is 0.304. The molecule has 1 aromatic rings. The molecule has 0 fully saturated rings. The molecule has 0 amide bonds. The van der Waals surface area contributed by atoms with E-state index in [0.29, 0.717) is 18.0 Å². The van der Waals surface area contributed by atoms with Gasteiger partial charge >= 0.3 is 0 Å². The van der Waals surface area contributed by atoms with Gasteiger partial charge in [-0.2, -0.15) is 0 Å². The summed E-state index contributed by atoms with van der Waals surface area (Å²) in [6.45, 7) is 3.66. The second-order valence-corrected chi connectivity index (χ2v) is 7.53. The smallest absolute Gasteiger partial charge is 0.154 e. The fourth-order valence-corrected chi connectivity index (χ4v) is 1.62. The number of hydrogen-bond acceptors (Lipinski definition) is 5. The fraction of sp³-hybridized carbons (Fsp3) is 0.500. The van der Waals surface area contributed by atoms with Crippen LogP contribution in [0.2, 0.25) is 0 Å². The fourth-order valence-electron chi connectivity index (χ4n) is 1.29. The number of nitrogen functional groups attached to an aromatic ring is 1. The van der Waals surface area contributed by atoms with Crippen LogP contribution in [0.1, 0.15) is 13.8 Å². The van der Waals surface area contributed by atoms with Crippen LogP contribution in [0.15, 0.2) is 18.2 Å². The van der Waals surface area contributed by atoms with E-state index in [1.807, 2.05) is 0 Å². The van der Waals surface area contributed by atoms with Crippen molar-refractivity contribution in [1.82, 2.24) is 0 Å². The van der Waals surface area contributed by atoms with Crippen LogP contribution in [0.3, 0.4) is 0 Å². The molecular formula is C12H20N2O3S. The van der Waals surface area contributed by atoms with E-state index in [4.69, 9.17) is 10.5 Å². The van der Waals surface area contributed by atoms with Crippen LogP contribution >= 0.6 is 0 Å². The summed E-state index contributed by atoms with van der Waals surface area (Å²) in [7, 11) is -1.57. The molecule has 0 radical (unpaired) electrons. The standard InChI is InChI=1S/C12H20N2O3S/c1-12(2,18(4,15)16)8-14-10-5-9(13)6-11(7-10)17-3/h5-7,14H,8,13H2,1-4H3. The maximum absolute atomic E-state index is 11.6. The molecule has 3 N–H and O–H groups in total. The molecule has 0 aliphatic heterocycles. The molecule has 1 rings (SSSR count). The third kappa shape index (κ3) is 3.53. The SMILES string of the molecule is COc1cc(N)cc(NCC(C)(C)S(C)(=O)=O)c1. The summed E-state index contributed by atoms with van der Waals surface area (Å²) in [6, 6.07) is 5.21. The van der Waals surface area contributed by atoms with Gasteiger partial charge in [0.25, 0.3) is 0 Å². The quantitative estimate of drug-likeness (QED) is 0.794. The van der Waals surface area contributed by atoms with Crippen LogP contribution in [-0.4, -0.2) is 33.1 Å². The van der Waals surface area contributed by atoms with E-state index in [-0.39, 0.29) is 0 Å². The maximum atomic E-state index is 11.6. The maximum Gasteiger partial charge on any atom is 0.154 e. The highest BCUT2D eigenvalue weighted by molar-refractivity contribution is 7.92. The molecule has 0 heterocycles. The van der Waals surface area contributed by atoms with E-state index < -0.39 is 14.6 Å². The summed E-state index contributed by atoms with van der Waals surface area (Å²) in [4.78, 5) is 0. The molecule has 0 aliphatic rings. The Labute approximate surface area is 108 Å². The number of rotatable bonds is 5. The monoisotopic (exact) mass is 272 g/mol. The van der Waals surface area contributed by atoms with E-state index in [1.54, 1.807) is 39.2 Å². The Morgan fingerprint density at radius 1 is 1.33 bits per heavy atom. The zero-order chi connectivity index (χ0) is 14.0. The lowest BCUT2D eigenvalue weighted by molar-refractivity contribution is 0.415. The van der Waals surface area contributed by atoms with Crippen molar-refractivity contribution in [2.75, 3.05) is 31.0 Å². The van der Waals surface area contributed by atoms with Crippen molar-refractivity contribution in [2.45, 2.75) is 18.6 Å². The van der Waals surface area contributed by atoms with Crippen molar-refractivity contribution in [2.24, 2.45) is 0 Å². The van der Waals surface area contributed by atoms with Crippen molar-refractivity contribution < 1.29 is 13.2 Å². The Kier molecular flexibility index (Phi) is 4.11. The molecule has 0 aromatic heterocycles. The molecule has 6 heteroatoms. The van der Waals surface area contributed by atoms with Gasteiger partial charge in [-0.05, 0) is 19.9 Å². The third-order valence-electron chi connectivity index (χ3n) is 2.89. The molecule has 5 nitrogen and oxygen atoms in total. The molecule has 0 saturated carbocycles. The van der Waals surface area contributed by atoms with Crippen LogP contribution in [0.25, 0.3) is 0 Å². The van der Waals surface area contributed by atoms with E-state index in [2.05, 4.69) is 5.32 Å². The van der Waals surface area contributed by atoms with Crippen molar-refractivity contribution in [3.05, 3.63) is 18.2 Å². The largest absolute Gasteiger partial charge is 0.497 e. The Balaban J connectivity index is 2.84. The Hall–Kier alpha value is -1.43. The number of nitrogens with two attached hydrogens (primary N) is 1. The van der Waals surface area contributed by atoms with Crippen LogP contribution in [0.4, 0.5) is 11.4 Å². The minimum Gasteiger partial charge on any atom is -0.497 e. The Bertz CT molecular complexity index is 524. The van der Waals surface area contributed by atoms with Crippen LogP contribution in [0.5, 0.6) is 5.75 Å². The molecule has 0 spiro atoms. The zero-order valence-electron chi connectivity index (χ0n) is 11.1. The summed E-state index contributed by atoms with van der Waals surface area (Å²) >= 11 is 0. The number of hydrogen-bond donors (Lipinski definition) is 2. The number of methoxy groups -OCH3 is 1. The van der Waals surface area contributed by atoms with E-state index in [9.17, 15) is 8.42 Å². The van der Waals surface area contributed by atoms with Crippen molar-refractivity contribution >= 4 is 21.2 Å². The van der Waals surface area contributed by atoms with Crippen molar-refractivity contribution in [3.63, 3.8) is 0 Å². The summed E-state index contributed by atoms with van der Waals surface area (Å²) in [5.41, 5.74) is 7.03. The lowest BCUT2D eigenvalue weighted by Gasteiger charge is -2.23. The average Bonchev–Trinajstić information content (AvgIpc) is 2.24. The minimum atomic E-state index is -3.12. The molecular weight excluding hydrogens is 252 g/mol. The second-order valence-electron chi connectivity index (χ2n) is 4.88. The average molecular weight is 272 g/mol. The van der Waals surface area contributed by atoms with Gasteiger partial charge in [0.05, 0.1) is 11.9 Å². The number of nitrogens with one attached hydrogen (secondary N) is 1. The van der Waals surface area contributed by atoms with E-state index in [0.717, 1.165) is 5.69 Å². The van der Waals surface area contributed by atoms with Gasteiger partial charge in [-0.15, -0.1) is 0 Å². The summed E-state index contributed by atoms with van der Waals surface area (Å²) in [6.07, 6.45) is 1.23. The van der Waals surface area contributed by atoms with Gasteiger partial charge in [0.15, 0.2) is 9.84 Å². The van der Waals surface area contributed by atoms with Crippen LogP contribution in [0, 0.1) is 0 Å². The summed E-state index contributed by atoms with van der Waals surface area (Å²) < 4.78 is 27.4. The molecule has 0 bridgehead atoms. The number of anilines is 2. The Morgan fingerprint density at radius 3 is 2.44 bits per heavy atom. The second kappa shape index (κ2) is 5.06. The first-order chi connectivity index (χ1) is 8.15. The normalized spacial score (nSPS) is 12.2. The van der Waals surface area contributed by atoms with Gasteiger partial charge < -0.3 is 15.8 Å². The molecule has 1 aromatic carbocycles. The summed E-state index contributed by atoms with van der Waals surface area (Å²) in [5.74, 6) is 0.634. The highest BCUT2D eigenvalue weighted by Crippen LogP contribution is 2.23. The third-order valence-corrected chi connectivity index (χ3v) is 5.04. The van der Waals surface area contributed by atoms with E-state index >= 15 is 0 Å². The molecule has 0 atom stereocenters. The molecule has 0 aliphatic carbocycles. The highest BCUT2D eigenvalue weighted by atomic mass is 32.2. The number of sulfone groups is 1. The first kappa shape index (κ1) is 14.6. The predicted octanol–water partition coefficient (Wildman–Crippen LogP) is 1.51. The van der Waals surface area contributed by atoms with Gasteiger partial charge in [-0.25, -0.2) is 8.42 Å². The van der Waals surface area contributed by atoms with Gasteiger partial charge in [0.1, 0.15) is 5.75 Å². The molecule has 102 valence electrons. The topological polar surface area (TPSA) is 81.4 Å². The predicted molar refractivity (Wildman–Crippen MR) is 74.8 cm³/mol. The van der Waals surface area contributed by atoms with Crippen LogP contribution in [-0.2, 0) is 9.84 Å². The molecule has 0 unspecified atom stereocenters. The molecule has 0 saturated heterocycles. The van der Waals surface area contributed by atoms with Gasteiger partial charge in [-0.3, -0.25) is 0 Å². The van der Waals surface area contributed by atoms with Gasteiger partial charge in [-0.1, -0.05) is 0 Å². The van der Waals surface area contributed by atoms with Gasteiger partial charge in [0.2, 0.25) is 0 Å². The molecule has 18 heavy (non-hydrogen) atoms. The summed E-state index contributed by atoms with van der Waals surface area (Å²) in [5, 5.41) is 3.07. The van der Waals surface area contributed by atoms with Crippen LogP contribution < -0.4 is 15.8 Å².